The maximum Gasteiger partial charge on any atom is 0.356 e. The molecule has 1 heterocycles. The summed E-state index contributed by atoms with van der Waals surface area (Å²) < 4.78 is 4.92. The Morgan fingerprint density at radius 1 is 1.75 bits per heavy atom. The lowest BCUT2D eigenvalue weighted by Gasteiger charge is -2.00. The maximum atomic E-state index is 11.1. The van der Waals surface area contributed by atoms with Crippen molar-refractivity contribution in [3.05, 3.63) is 18.2 Å². The highest BCUT2D eigenvalue weighted by Crippen LogP contribution is 1.96. The Morgan fingerprint density at radius 3 is 3.17 bits per heavy atom. The van der Waals surface area contributed by atoms with Crippen LogP contribution in [0, 0.1) is 0 Å². The van der Waals surface area contributed by atoms with Gasteiger partial charge in [0.05, 0.1) is 19.1 Å². The molecule has 0 radical (unpaired) electrons. The monoisotopic (exact) mass is 168 g/mol. The average Bonchev–Trinajstić information content (AvgIpc) is 2.56. The van der Waals surface area contributed by atoms with E-state index in [4.69, 9.17) is 4.74 Å². The predicted octanol–water partition coefficient (Wildman–Crippen LogP) is 1.37. The number of hydrogen-bond donors (Lipinski definition) is 1. The van der Waals surface area contributed by atoms with Gasteiger partial charge < -0.3 is 9.72 Å². The normalized spacial score (nSPS) is 9.75. The van der Waals surface area contributed by atoms with Gasteiger partial charge in [0.1, 0.15) is 5.69 Å². The number of aromatic nitrogens is 2. The van der Waals surface area contributed by atoms with Gasteiger partial charge in [0.15, 0.2) is 0 Å². The molecule has 0 atom stereocenters. The molecule has 0 fully saturated rings. The summed E-state index contributed by atoms with van der Waals surface area (Å²) >= 11 is 0. The van der Waals surface area contributed by atoms with E-state index in [9.17, 15) is 4.79 Å². The minimum atomic E-state index is -0.332. The van der Waals surface area contributed by atoms with Crippen LogP contribution in [0.4, 0.5) is 0 Å². The van der Waals surface area contributed by atoms with Crippen molar-refractivity contribution in [1.29, 1.82) is 0 Å². The molecular formula is C8H12N2O2. The molecule has 0 amide bonds. The second-order valence-corrected chi connectivity index (χ2v) is 2.45. The Morgan fingerprint density at radius 2 is 2.58 bits per heavy atom. The smallest absolute Gasteiger partial charge is 0.356 e. The van der Waals surface area contributed by atoms with E-state index in [1.165, 1.54) is 12.5 Å². The molecule has 66 valence electrons. The van der Waals surface area contributed by atoms with Crippen LogP contribution in [-0.2, 0) is 4.74 Å². The zero-order valence-corrected chi connectivity index (χ0v) is 7.04. The third-order valence-corrected chi connectivity index (χ3v) is 1.45. The summed E-state index contributed by atoms with van der Waals surface area (Å²) in [7, 11) is 0. The molecule has 1 aromatic heterocycles. The summed E-state index contributed by atoms with van der Waals surface area (Å²) in [6.07, 6.45) is 4.83. The number of nitrogens with one attached hydrogen (secondary N) is 1. The molecule has 12 heavy (non-hydrogen) atoms. The van der Waals surface area contributed by atoms with Crippen molar-refractivity contribution in [1.82, 2.24) is 9.97 Å². The van der Waals surface area contributed by atoms with Crippen LogP contribution in [-0.4, -0.2) is 22.5 Å². The Kier molecular flexibility index (Phi) is 3.32. The standard InChI is InChI=1S/C8H12N2O2/c1-2-3-4-12-8(11)7-5-9-6-10-7/h5-6H,2-4H2,1H3,(H,9,10). The quantitative estimate of drug-likeness (QED) is 0.545. The van der Waals surface area contributed by atoms with Crippen molar-refractivity contribution in [2.45, 2.75) is 19.8 Å². The third kappa shape index (κ3) is 2.38. The average molecular weight is 168 g/mol. The van der Waals surface area contributed by atoms with Gasteiger partial charge in [-0.25, -0.2) is 9.78 Å². The highest BCUT2D eigenvalue weighted by molar-refractivity contribution is 5.86. The Hall–Kier alpha value is -1.32. The van der Waals surface area contributed by atoms with Crippen molar-refractivity contribution in [2.24, 2.45) is 0 Å². The van der Waals surface area contributed by atoms with Gasteiger partial charge in [-0.2, -0.15) is 0 Å². The second kappa shape index (κ2) is 4.54. The molecule has 0 saturated heterocycles. The van der Waals surface area contributed by atoms with Gasteiger partial charge in [0, 0.05) is 0 Å². The molecule has 0 bridgehead atoms. The number of H-pyrrole nitrogens is 1. The number of unbranched alkanes of at least 4 members (excludes halogenated alkanes) is 1. The molecule has 0 unspecified atom stereocenters. The fourth-order valence-electron chi connectivity index (χ4n) is 0.754. The molecule has 0 aromatic carbocycles. The fourth-order valence-corrected chi connectivity index (χ4v) is 0.754. The zero-order valence-electron chi connectivity index (χ0n) is 7.04. The summed E-state index contributed by atoms with van der Waals surface area (Å²) in [6.45, 7) is 2.53. The van der Waals surface area contributed by atoms with Gasteiger partial charge in [-0.05, 0) is 6.42 Å². The fraction of sp³-hybridized carbons (Fsp3) is 0.500. The number of hydrogen-bond acceptors (Lipinski definition) is 3. The Bertz CT molecular complexity index is 231. The van der Waals surface area contributed by atoms with Crippen LogP contribution in [0.15, 0.2) is 12.5 Å². The summed E-state index contributed by atoms with van der Waals surface area (Å²) in [5, 5.41) is 0. The summed E-state index contributed by atoms with van der Waals surface area (Å²) in [4.78, 5) is 17.5. The highest BCUT2D eigenvalue weighted by Gasteiger charge is 2.06. The van der Waals surface area contributed by atoms with E-state index >= 15 is 0 Å². The summed E-state index contributed by atoms with van der Waals surface area (Å²) in [5.41, 5.74) is 0.408. The zero-order chi connectivity index (χ0) is 8.81. The van der Waals surface area contributed by atoms with Gasteiger partial charge >= 0.3 is 5.97 Å². The van der Waals surface area contributed by atoms with E-state index < -0.39 is 0 Å². The number of nitrogens with zero attached hydrogens (tertiary/aromatic N) is 1. The third-order valence-electron chi connectivity index (χ3n) is 1.45. The number of imidazole rings is 1. The number of carbonyl (C=O) groups is 1. The van der Waals surface area contributed by atoms with Gasteiger partial charge in [0.2, 0.25) is 0 Å². The Balaban J connectivity index is 2.30. The van der Waals surface area contributed by atoms with Gasteiger partial charge in [-0.3, -0.25) is 0 Å². The van der Waals surface area contributed by atoms with Crippen molar-refractivity contribution < 1.29 is 9.53 Å². The van der Waals surface area contributed by atoms with E-state index in [-0.39, 0.29) is 5.97 Å². The lowest BCUT2D eigenvalue weighted by Crippen LogP contribution is -2.06. The van der Waals surface area contributed by atoms with E-state index in [1.807, 2.05) is 6.92 Å². The van der Waals surface area contributed by atoms with Crippen LogP contribution < -0.4 is 0 Å². The molecule has 0 aliphatic carbocycles. The second-order valence-electron chi connectivity index (χ2n) is 2.45. The van der Waals surface area contributed by atoms with Crippen LogP contribution in [0.2, 0.25) is 0 Å². The van der Waals surface area contributed by atoms with Gasteiger partial charge in [0.25, 0.3) is 0 Å². The Labute approximate surface area is 71.0 Å². The molecule has 0 saturated carbocycles. The number of aromatic amines is 1. The molecule has 4 nitrogen and oxygen atoms in total. The van der Waals surface area contributed by atoms with E-state index in [1.54, 1.807) is 0 Å². The van der Waals surface area contributed by atoms with Crippen LogP contribution in [0.25, 0.3) is 0 Å². The number of rotatable bonds is 4. The van der Waals surface area contributed by atoms with Gasteiger partial charge in [-0.15, -0.1) is 0 Å². The van der Waals surface area contributed by atoms with E-state index in [0.29, 0.717) is 12.3 Å². The molecule has 1 rings (SSSR count). The lowest BCUT2D eigenvalue weighted by atomic mass is 10.4. The first kappa shape index (κ1) is 8.77. The van der Waals surface area contributed by atoms with Crippen molar-refractivity contribution in [3.8, 4) is 0 Å². The molecular weight excluding hydrogens is 156 g/mol. The SMILES string of the molecule is CCCCOC(=O)c1cnc[nH]1. The summed E-state index contributed by atoms with van der Waals surface area (Å²) in [6, 6.07) is 0. The maximum absolute atomic E-state index is 11.1. The molecule has 0 spiro atoms. The first-order chi connectivity index (χ1) is 5.84. The van der Waals surface area contributed by atoms with Crippen LogP contribution in [0.5, 0.6) is 0 Å². The molecule has 0 aliphatic heterocycles. The van der Waals surface area contributed by atoms with Crippen LogP contribution in [0.1, 0.15) is 30.3 Å². The minimum Gasteiger partial charge on any atom is -0.461 e. The summed E-state index contributed by atoms with van der Waals surface area (Å²) in [5.74, 6) is -0.332. The van der Waals surface area contributed by atoms with E-state index in [2.05, 4.69) is 9.97 Å². The van der Waals surface area contributed by atoms with Crippen molar-refractivity contribution >= 4 is 5.97 Å². The van der Waals surface area contributed by atoms with Crippen LogP contribution >= 0.6 is 0 Å². The number of ether oxygens (including phenoxy) is 1. The minimum absolute atomic E-state index is 0.332. The molecule has 4 heteroatoms. The van der Waals surface area contributed by atoms with Crippen molar-refractivity contribution in [2.75, 3.05) is 6.61 Å². The largest absolute Gasteiger partial charge is 0.461 e. The van der Waals surface area contributed by atoms with Crippen LogP contribution in [0.3, 0.4) is 0 Å². The number of carbonyl (C=O) groups excluding carboxylic acids is 1. The molecule has 0 aliphatic rings. The van der Waals surface area contributed by atoms with Crippen molar-refractivity contribution in [3.63, 3.8) is 0 Å². The lowest BCUT2D eigenvalue weighted by molar-refractivity contribution is 0.0493. The first-order valence-corrected chi connectivity index (χ1v) is 4.00. The van der Waals surface area contributed by atoms with E-state index in [0.717, 1.165) is 12.8 Å². The van der Waals surface area contributed by atoms with Gasteiger partial charge in [-0.1, -0.05) is 13.3 Å². The predicted molar refractivity (Wildman–Crippen MR) is 43.8 cm³/mol. The molecule has 1 N–H and O–H groups in total. The highest BCUT2D eigenvalue weighted by atomic mass is 16.5. The first-order valence-electron chi connectivity index (χ1n) is 4.00. The number of esters is 1. The topological polar surface area (TPSA) is 55.0 Å². The molecule has 1 aromatic rings.